The van der Waals surface area contributed by atoms with Crippen LogP contribution in [0.25, 0.3) is 0 Å². The van der Waals surface area contributed by atoms with Gasteiger partial charge in [-0.2, -0.15) is 0 Å². The highest BCUT2D eigenvalue weighted by Crippen LogP contribution is 2.13. The van der Waals surface area contributed by atoms with Gasteiger partial charge in [0.05, 0.1) is 6.42 Å². The van der Waals surface area contributed by atoms with Gasteiger partial charge in [-0.15, -0.1) is 0 Å². The van der Waals surface area contributed by atoms with Crippen LogP contribution in [0, 0.1) is 0 Å². The second kappa shape index (κ2) is 6.28. The Balaban J connectivity index is 2.60. The van der Waals surface area contributed by atoms with Crippen LogP contribution in [0.3, 0.4) is 0 Å². The zero-order valence-electron chi connectivity index (χ0n) is 10.8. The molecule has 0 bridgehead atoms. The predicted molar refractivity (Wildman–Crippen MR) is 69.0 cm³/mol. The van der Waals surface area contributed by atoms with Crippen molar-refractivity contribution in [2.75, 3.05) is 7.05 Å². The average Bonchev–Trinajstić information content (AvgIpc) is 2.28. The minimum absolute atomic E-state index is 0.0940. The molecule has 0 aromatic heterocycles. The van der Waals surface area contributed by atoms with E-state index in [0.717, 1.165) is 18.4 Å². The summed E-state index contributed by atoms with van der Waals surface area (Å²) in [5, 5.41) is 9.33. The zero-order valence-corrected chi connectivity index (χ0v) is 10.8. The first kappa shape index (κ1) is 13.6. The largest absolute Gasteiger partial charge is 0.508 e. The van der Waals surface area contributed by atoms with Crippen molar-refractivity contribution >= 4 is 5.91 Å². The van der Waals surface area contributed by atoms with Crippen LogP contribution in [-0.4, -0.2) is 29.0 Å². The number of hydrogen-bond acceptors (Lipinski definition) is 2. The lowest BCUT2D eigenvalue weighted by Crippen LogP contribution is -2.35. The lowest BCUT2D eigenvalue weighted by molar-refractivity contribution is -0.131. The summed E-state index contributed by atoms with van der Waals surface area (Å²) in [6.45, 7) is 4.17. The SMILES string of the molecule is CCCC(C)N(C)C(=O)Cc1cccc(O)c1. The standard InChI is InChI=1S/C14H21NO2/c1-4-6-11(2)15(3)14(17)10-12-7-5-8-13(16)9-12/h5,7-9,11,16H,4,6,10H2,1-3H3. The molecule has 1 aromatic carbocycles. The average molecular weight is 235 g/mol. The molecule has 0 saturated carbocycles. The smallest absolute Gasteiger partial charge is 0.226 e. The third kappa shape index (κ3) is 4.10. The molecule has 0 aliphatic carbocycles. The predicted octanol–water partition coefficient (Wildman–Crippen LogP) is 2.58. The van der Waals surface area contributed by atoms with Gasteiger partial charge in [-0.25, -0.2) is 0 Å². The minimum Gasteiger partial charge on any atom is -0.508 e. The van der Waals surface area contributed by atoms with Crippen molar-refractivity contribution in [3.05, 3.63) is 29.8 Å². The molecule has 94 valence electrons. The molecule has 0 heterocycles. The van der Waals surface area contributed by atoms with E-state index < -0.39 is 0 Å². The molecule has 3 heteroatoms. The highest BCUT2D eigenvalue weighted by Gasteiger charge is 2.15. The van der Waals surface area contributed by atoms with Crippen LogP contribution in [0.15, 0.2) is 24.3 Å². The number of phenolic OH excluding ortho intramolecular Hbond substituents is 1. The molecule has 0 radical (unpaired) electrons. The normalized spacial score (nSPS) is 12.2. The third-order valence-electron chi connectivity index (χ3n) is 3.03. The molecule has 17 heavy (non-hydrogen) atoms. The lowest BCUT2D eigenvalue weighted by Gasteiger charge is -2.24. The Labute approximate surface area is 103 Å². The zero-order chi connectivity index (χ0) is 12.8. The summed E-state index contributed by atoms with van der Waals surface area (Å²) >= 11 is 0. The number of likely N-dealkylation sites (N-methyl/N-ethyl adjacent to an activating group) is 1. The quantitative estimate of drug-likeness (QED) is 0.852. The van der Waals surface area contributed by atoms with Crippen molar-refractivity contribution in [1.82, 2.24) is 4.90 Å². The van der Waals surface area contributed by atoms with Crippen LogP contribution in [0.4, 0.5) is 0 Å². The van der Waals surface area contributed by atoms with Gasteiger partial charge in [0.25, 0.3) is 0 Å². The summed E-state index contributed by atoms with van der Waals surface area (Å²) in [4.78, 5) is 13.8. The van der Waals surface area contributed by atoms with Gasteiger partial charge in [-0.05, 0) is 31.0 Å². The van der Waals surface area contributed by atoms with Gasteiger partial charge >= 0.3 is 0 Å². The Morgan fingerprint density at radius 1 is 1.47 bits per heavy atom. The second-order valence-electron chi connectivity index (χ2n) is 4.49. The molecular weight excluding hydrogens is 214 g/mol. The van der Waals surface area contributed by atoms with Crippen molar-refractivity contribution < 1.29 is 9.90 Å². The molecule has 0 aliphatic rings. The van der Waals surface area contributed by atoms with Crippen LogP contribution in [0.1, 0.15) is 32.3 Å². The van der Waals surface area contributed by atoms with Gasteiger partial charge in [0.2, 0.25) is 5.91 Å². The van der Waals surface area contributed by atoms with Crippen LogP contribution in [0.2, 0.25) is 0 Å². The molecule has 1 N–H and O–H groups in total. The summed E-state index contributed by atoms with van der Waals surface area (Å²) in [5.41, 5.74) is 0.852. The fourth-order valence-electron chi connectivity index (χ4n) is 1.82. The highest BCUT2D eigenvalue weighted by atomic mass is 16.3. The summed E-state index contributed by atoms with van der Waals surface area (Å²) in [5.74, 6) is 0.302. The Hall–Kier alpha value is -1.51. The van der Waals surface area contributed by atoms with Crippen molar-refractivity contribution in [3.63, 3.8) is 0 Å². The molecular formula is C14H21NO2. The number of phenols is 1. The number of nitrogens with zero attached hydrogens (tertiary/aromatic N) is 1. The number of benzene rings is 1. The number of amides is 1. The van der Waals surface area contributed by atoms with E-state index in [-0.39, 0.29) is 17.7 Å². The van der Waals surface area contributed by atoms with Gasteiger partial charge < -0.3 is 10.0 Å². The van der Waals surface area contributed by atoms with E-state index in [4.69, 9.17) is 0 Å². The maximum absolute atomic E-state index is 12.0. The number of carbonyl (C=O) groups excluding carboxylic acids is 1. The molecule has 0 fully saturated rings. The first-order valence-electron chi connectivity index (χ1n) is 6.08. The van der Waals surface area contributed by atoms with E-state index in [9.17, 15) is 9.90 Å². The summed E-state index contributed by atoms with van der Waals surface area (Å²) in [6.07, 6.45) is 2.44. The van der Waals surface area contributed by atoms with E-state index in [1.54, 1.807) is 23.1 Å². The Kier molecular flexibility index (Phi) is 5.01. The fraction of sp³-hybridized carbons (Fsp3) is 0.500. The van der Waals surface area contributed by atoms with Crippen LogP contribution in [-0.2, 0) is 11.2 Å². The van der Waals surface area contributed by atoms with E-state index >= 15 is 0 Å². The van der Waals surface area contributed by atoms with E-state index in [0.29, 0.717) is 6.42 Å². The monoisotopic (exact) mass is 235 g/mol. The van der Waals surface area contributed by atoms with E-state index in [1.165, 1.54) is 0 Å². The second-order valence-corrected chi connectivity index (χ2v) is 4.49. The summed E-state index contributed by atoms with van der Waals surface area (Å²) in [6, 6.07) is 7.13. The third-order valence-corrected chi connectivity index (χ3v) is 3.03. The molecule has 1 atom stereocenters. The first-order chi connectivity index (χ1) is 8.04. The maximum atomic E-state index is 12.0. The van der Waals surface area contributed by atoms with Crippen molar-refractivity contribution in [1.29, 1.82) is 0 Å². The molecule has 1 aromatic rings. The molecule has 0 saturated heterocycles. The number of hydrogen-bond donors (Lipinski definition) is 1. The minimum atomic E-state index is 0.0940. The van der Waals surface area contributed by atoms with Gasteiger partial charge in [0, 0.05) is 13.1 Å². The molecule has 3 nitrogen and oxygen atoms in total. The van der Waals surface area contributed by atoms with Gasteiger partial charge in [-0.1, -0.05) is 25.5 Å². The Morgan fingerprint density at radius 3 is 2.76 bits per heavy atom. The van der Waals surface area contributed by atoms with Crippen LogP contribution < -0.4 is 0 Å². The Morgan fingerprint density at radius 2 is 2.18 bits per heavy atom. The first-order valence-corrected chi connectivity index (χ1v) is 6.08. The van der Waals surface area contributed by atoms with Crippen molar-refractivity contribution in [2.45, 2.75) is 39.2 Å². The van der Waals surface area contributed by atoms with Crippen molar-refractivity contribution in [2.24, 2.45) is 0 Å². The molecule has 0 spiro atoms. The number of carbonyl (C=O) groups is 1. The molecule has 1 rings (SSSR count). The van der Waals surface area contributed by atoms with Crippen LogP contribution >= 0.6 is 0 Å². The van der Waals surface area contributed by atoms with Crippen LogP contribution in [0.5, 0.6) is 5.75 Å². The molecule has 0 aliphatic heterocycles. The fourth-order valence-corrected chi connectivity index (χ4v) is 1.82. The molecule has 1 amide bonds. The number of aromatic hydroxyl groups is 1. The topological polar surface area (TPSA) is 40.5 Å². The molecule has 1 unspecified atom stereocenters. The highest BCUT2D eigenvalue weighted by molar-refractivity contribution is 5.78. The van der Waals surface area contributed by atoms with Gasteiger partial charge in [0.15, 0.2) is 0 Å². The maximum Gasteiger partial charge on any atom is 0.226 e. The van der Waals surface area contributed by atoms with E-state index in [2.05, 4.69) is 13.8 Å². The lowest BCUT2D eigenvalue weighted by atomic mass is 10.1. The summed E-state index contributed by atoms with van der Waals surface area (Å²) in [7, 11) is 1.84. The summed E-state index contributed by atoms with van der Waals surface area (Å²) < 4.78 is 0. The number of rotatable bonds is 5. The van der Waals surface area contributed by atoms with Gasteiger partial charge in [0.1, 0.15) is 5.75 Å². The van der Waals surface area contributed by atoms with Crippen molar-refractivity contribution in [3.8, 4) is 5.75 Å². The van der Waals surface area contributed by atoms with E-state index in [1.807, 2.05) is 13.1 Å². The van der Waals surface area contributed by atoms with Gasteiger partial charge in [-0.3, -0.25) is 4.79 Å². The Bertz CT molecular complexity index is 376.